The highest BCUT2D eigenvalue weighted by Gasteiger charge is 2.08. The molecule has 0 heterocycles. The van der Waals surface area contributed by atoms with Crippen LogP contribution in [0.1, 0.15) is 24.5 Å². The maximum absolute atomic E-state index is 11.3. The Kier molecular flexibility index (Phi) is 5.76. The van der Waals surface area contributed by atoms with Gasteiger partial charge in [0, 0.05) is 24.8 Å². The molecule has 0 aliphatic heterocycles. The van der Waals surface area contributed by atoms with E-state index in [9.17, 15) is 4.79 Å². The van der Waals surface area contributed by atoms with Gasteiger partial charge in [-0.1, -0.05) is 12.2 Å². The van der Waals surface area contributed by atoms with E-state index in [-0.39, 0.29) is 5.97 Å². The maximum Gasteiger partial charge on any atom is 0.307 e. The molecule has 1 aromatic rings. The molecule has 104 valence electrons. The molecule has 4 nitrogen and oxygen atoms in total. The minimum atomic E-state index is -0.175. The Labute approximate surface area is 119 Å². The van der Waals surface area contributed by atoms with Crippen LogP contribution in [0.2, 0.25) is 0 Å². The standard InChI is InChI=1S/C14H20N2O2S/c1-4-18-13(17)7-8-16(3)11-5-6-12(14(15)19)10(2)9-11/h5-6,9H,4,7-8H2,1-3H3,(H2,15,19). The van der Waals surface area contributed by atoms with Crippen LogP contribution in [0.25, 0.3) is 0 Å². The first-order valence-electron chi connectivity index (χ1n) is 6.23. The van der Waals surface area contributed by atoms with Gasteiger partial charge in [0.1, 0.15) is 4.99 Å². The lowest BCUT2D eigenvalue weighted by Gasteiger charge is -2.20. The number of carbonyl (C=O) groups excluding carboxylic acids is 1. The van der Waals surface area contributed by atoms with E-state index in [1.165, 1.54) is 0 Å². The summed E-state index contributed by atoms with van der Waals surface area (Å²) in [7, 11) is 1.94. The number of hydrogen-bond acceptors (Lipinski definition) is 4. The van der Waals surface area contributed by atoms with Gasteiger partial charge in [0.2, 0.25) is 0 Å². The van der Waals surface area contributed by atoms with Crippen molar-refractivity contribution >= 4 is 28.9 Å². The summed E-state index contributed by atoms with van der Waals surface area (Å²) in [5.74, 6) is -0.175. The highest BCUT2D eigenvalue weighted by atomic mass is 32.1. The average molecular weight is 280 g/mol. The number of aryl methyl sites for hydroxylation is 1. The summed E-state index contributed by atoms with van der Waals surface area (Å²) in [5.41, 5.74) is 8.58. The van der Waals surface area contributed by atoms with Crippen LogP contribution in [0.3, 0.4) is 0 Å². The molecule has 5 heteroatoms. The molecule has 0 unspecified atom stereocenters. The van der Waals surface area contributed by atoms with Crippen LogP contribution in [-0.4, -0.2) is 31.2 Å². The van der Waals surface area contributed by atoms with Crippen molar-refractivity contribution in [2.75, 3.05) is 25.1 Å². The number of thiocarbonyl (C=S) groups is 1. The van der Waals surface area contributed by atoms with Gasteiger partial charge in [-0.15, -0.1) is 0 Å². The van der Waals surface area contributed by atoms with Gasteiger partial charge in [0.15, 0.2) is 0 Å². The number of ether oxygens (including phenoxy) is 1. The average Bonchev–Trinajstić information content (AvgIpc) is 2.35. The minimum Gasteiger partial charge on any atom is -0.466 e. The Hall–Kier alpha value is -1.62. The highest BCUT2D eigenvalue weighted by molar-refractivity contribution is 7.80. The van der Waals surface area contributed by atoms with Crippen molar-refractivity contribution in [1.82, 2.24) is 0 Å². The van der Waals surface area contributed by atoms with Crippen LogP contribution in [-0.2, 0) is 9.53 Å². The summed E-state index contributed by atoms with van der Waals surface area (Å²) in [6, 6.07) is 5.88. The van der Waals surface area contributed by atoms with Crippen molar-refractivity contribution in [2.24, 2.45) is 5.73 Å². The van der Waals surface area contributed by atoms with E-state index in [4.69, 9.17) is 22.7 Å². The number of carbonyl (C=O) groups is 1. The van der Waals surface area contributed by atoms with Gasteiger partial charge in [0.25, 0.3) is 0 Å². The first kappa shape index (κ1) is 15.4. The number of anilines is 1. The van der Waals surface area contributed by atoms with E-state index >= 15 is 0 Å². The van der Waals surface area contributed by atoms with Crippen molar-refractivity contribution in [2.45, 2.75) is 20.3 Å². The Bertz CT molecular complexity index is 475. The first-order valence-corrected chi connectivity index (χ1v) is 6.63. The molecule has 0 aromatic heterocycles. The molecule has 2 N–H and O–H groups in total. The van der Waals surface area contributed by atoms with Crippen molar-refractivity contribution < 1.29 is 9.53 Å². The molecule has 0 bridgehead atoms. The Morgan fingerprint density at radius 1 is 1.47 bits per heavy atom. The largest absolute Gasteiger partial charge is 0.466 e. The smallest absolute Gasteiger partial charge is 0.307 e. The SMILES string of the molecule is CCOC(=O)CCN(C)c1ccc(C(N)=S)c(C)c1. The molecule has 0 amide bonds. The van der Waals surface area contributed by atoms with Crippen molar-refractivity contribution in [3.05, 3.63) is 29.3 Å². The number of esters is 1. The zero-order chi connectivity index (χ0) is 14.4. The second-order valence-corrected chi connectivity index (χ2v) is 4.78. The first-order chi connectivity index (χ1) is 8.95. The lowest BCUT2D eigenvalue weighted by molar-refractivity contribution is -0.142. The molecule has 1 rings (SSSR count). The molecule has 0 atom stereocenters. The fourth-order valence-electron chi connectivity index (χ4n) is 1.78. The molecule has 0 aliphatic rings. The van der Waals surface area contributed by atoms with Crippen LogP contribution in [0.15, 0.2) is 18.2 Å². The number of benzene rings is 1. The summed E-state index contributed by atoms with van der Waals surface area (Å²) in [4.78, 5) is 13.7. The van der Waals surface area contributed by atoms with Gasteiger partial charge in [-0.2, -0.15) is 0 Å². The van der Waals surface area contributed by atoms with Gasteiger partial charge in [0.05, 0.1) is 13.0 Å². The predicted octanol–water partition coefficient (Wildman–Crippen LogP) is 2.02. The van der Waals surface area contributed by atoms with Crippen LogP contribution in [0.5, 0.6) is 0 Å². The summed E-state index contributed by atoms with van der Waals surface area (Å²) in [6.07, 6.45) is 0.375. The highest BCUT2D eigenvalue weighted by Crippen LogP contribution is 2.18. The number of hydrogen-bond donors (Lipinski definition) is 1. The summed E-state index contributed by atoms with van der Waals surface area (Å²) < 4.78 is 4.90. The lowest BCUT2D eigenvalue weighted by atomic mass is 10.1. The fraction of sp³-hybridized carbons (Fsp3) is 0.429. The van der Waals surface area contributed by atoms with Crippen LogP contribution in [0, 0.1) is 6.92 Å². The molecule has 0 fully saturated rings. The molecular formula is C14H20N2O2S. The molecule has 0 spiro atoms. The van der Waals surface area contributed by atoms with Crippen molar-refractivity contribution in [3.8, 4) is 0 Å². The van der Waals surface area contributed by atoms with Gasteiger partial charge in [-0.25, -0.2) is 0 Å². The van der Waals surface area contributed by atoms with Gasteiger partial charge in [-0.3, -0.25) is 4.79 Å². The zero-order valence-corrected chi connectivity index (χ0v) is 12.4. The predicted molar refractivity (Wildman–Crippen MR) is 81.6 cm³/mol. The normalized spacial score (nSPS) is 10.1. The molecular weight excluding hydrogens is 260 g/mol. The number of nitrogens with zero attached hydrogens (tertiary/aromatic N) is 1. The lowest BCUT2D eigenvalue weighted by Crippen LogP contribution is -2.22. The van der Waals surface area contributed by atoms with E-state index in [0.29, 0.717) is 24.6 Å². The topological polar surface area (TPSA) is 55.6 Å². The Morgan fingerprint density at radius 2 is 2.16 bits per heavy atom. The Balaban J connectivity index is 2.67. The van der Waals surface area contributed by atoms with Crippen LogP contribution >= 0.6 is 12.2 Å². The number of nitrogens with two attached hydrogens (primary N) is 1. The van der Waals surface area contributed by atoms with E-state index < -0.39 is 0 Å². The van der Waals surface area contributed by atoms with E-state index in [2.05, 4.69) is 0 Å². The molecule has 19 heavy (non-hydrogen) atoms. The summed E-state index contributed by atoms with van der Waals surface area (Å²) in [6.45, 7) is 4.81. The van der Waals surface area contributed by atoms with Gasteiger partial charge < -0.3 is 15.4 Å². The van der Waals surface area contributed by atoms with E-state index in [1.54, 1.807) is 6.92 Å². The molecule has 0 saturated heterocycles. The maximum atomic E-state index is 11.3. The third kappa shape index (κ3) is 4.52. The second kappa shape index (κ2) is 7.09. The van der Waals surface area contributed by atoms with Crippen LogP contribution in [0.4, 0.5) is 5.69 Å². The monoisotopic (exact) mass is 280 g/mol. The zero-order valence-electron chi connectivity index (χ0n) is 11.6. The van der Waals surface area contributed by atoms with E-state index in [0.717, 1.165) is 16.8 Å². The second-order valence-electron chi connectivity index (χ2n) is 4.34. The molecule has 0 aliphatic carbocycles. The quantitative estimate of drug-likeness (QED) is 0.638. The fourth-order valence-corrected chi connectivity index (χ4v) is 2.01. The van der Waals surface area contributed by atoms with Crippen LogP contribution < -0.4 is 10.6 Å². The summed E-state index contributed by atoms with van der Waals surface area (Å²) in [5, 5.41) is 0. The molecule has 0 saturated carbocycles. The molecule has 1 aromatic carbocycles. The van der Waals surface area contributed by atoms with Crippen molar-refractivity contribution in [1.29, 1.82) is 0 Å². The number of rotatable bonds is 6. The van der Waals surface area contributed by atoms with E-state index in [1.807, 2.05) is 37.1 Å². The van der Waals surface area contributed by atoms with Gasteiger partial charge >= 0.3 is 5.97 Å². The minimum absolute atomic E-state index is 0.175. The third-order valence-corrected chi connectivity index (χ3v) is 3.09. The summed E-state index contributed by atoms with van der Waals surface area (Å²) >= 11 is 4.98. The van der Waals surface area contributed by atoms with Gasteiger partial charge in [-0.05, 0) is 37.6 Å². The molecule has 0 radical (unpaired) electrons. The van der Waals surface area contributed by atoms with Crippen molar-refractivity contribution in [3.63, 3.8) is 0 Å². The Morgan fingerprint density at radius 3 is 2.68 bits per heavy atom. The third-order valence-electron chi connectivity index (χ3n) is 2.87.